The molecular formula is C29H44F6O3. The highest BCUT2D eigenvalue weighted by Crippen LogP contribution is 2.61. The number of hydrogen-bond donors (Lipinski definition) is 3. The maximum atomic E-state index is 13.0. The van der Waals surface area contributed by atoms with Gasteiger partial charge in [-0.15, -0.1) is 0 Å². The largest absolute Gasteiger partial charge is 0.426 e. The minimum atomic E-state index is -5.77. The van der Waals surface area contributed by atoms with Gasteiger partial charge in [-0.1, -0.05) is 65.8 Å². The van der Waals surface area contributed by atoms with E-state index in [4.69, 9.17) is 0 Å². The molecule has 9 heteroatoms. The average molecular weight is 555 g/mol. The third-order valence-electron chi connectivity index (χ3n) is 9.80. The van der Waals surface area contributed by atoms with Crippen LogP contribution in [0, 0.1) is 28.6 Å². The van der Waals surface area contributed by atoms with Crippen molar-refractivity contribution in [3.05, 3.63) is 36.0 Å². The van der Waals surface area contributed by atoms with E-state index in [0.29, 0.717) is 18.4 Å². The first-order valence-corrected chi connectivity index (χ1v) is 13.5. The fourth-order valence-electron chi connectivity index (χ4n) is 6.48. The van der Waals surface area contributed by atoms with Crippen molar-refractivity contribution in [3.63, 3.8) is 0 Å². The summed E-state index contributed by atoms with van der Waals surface area (Å²) in [4.78, 5) is 0. The quantitative estimate of drug-likeness (QED) is 0.256. The second-order valence-electron chi connectivity index (χ2n) is 12.5. The third-order valence-corrected chi connectivity index (χ3v) is 9.80. The Hall–Kier alpha value is -1.32. The zero-order valence-electron chi connectivity index (χ0n) is 23.1. The van der Waals surface area contributed by atoms with Gasteiger partial charge in [-0.25, -0.2) is 0 Å². The number of rotatable bonds is 9. The maximum Gasteiger partial charge on any atom is 0.426 e. The van der Waals surface area contributed by atoms with E-state index in [1.54, 1.807) is 0 Å². The van der Waals surface area contributed by atoms with Crippen molar-refractivity contribution in [2.75, 3.05) is 0 Å². The summed E-state index contributed by atoms with van der Waals surface area (Å²) in [5.41, 5.74) is -3.43. The van der Waals surface area contributed by atoms with E-state index in [-0.39, 0.29) is 47.8 Å². The number of allylic oxidation sites excluding steroid dienone is 3. The Morgan fingerprint density at radius 3 is 2.18 bits per heavy atom. The number of hydrogen-bond acceptors (Lipinski definition) is 3. The number of aliphatic hydroxyl groups is 3. The van der Waals surface area contributed by atoms with Crippen LogP contribution < -0.4 is 0 Å². The Labute approximate surface area is 222 Å². The molecule has 2 rings (SSSR count). The molecule has 0 heterocycles. The average Bonchev–Trinajstić information content (AvgIpc) is 2.99. The van der Waals surface area contributed by atoms with Gasteiger partial charge in [-0.05, 0) is 78.3 Å². The first-order valence-electron chi connectivity index (χ1n) is 13.5. The zero-order valence-corrected chi connectivity index (χ0v) is 23.1. The van der Waals surface area contributed by atoms with Crippen LogP contribution >= 0.6 is 0 Å². The molecule has 0 saturated heterocycles. The van der Waals surface area contributed by atoms with Gasteiger partial charge >= 0.3 is 12.4 Å². The molecule has 2 saturated carbocycles. The molecule has 0 bridgehead atoms. The van der Waals surface area contributed by atoms with Gasteiger partial charge in [0.15, 0.2) is 0 Å². The third kappa shape index (κ3) is 6.69. The molecule has 3 N–H and O–H groups in total. The van der Waals surface area contributed by atoms with Crippen LogP contribution in [0.25, 0.3) is 0 Å². The highest BCUT2D eigenvalue weighted by atomic mass is 19.4. The molecule has 0 radical (unpaired) electrons. The topological polar surface area (TPSA) is 60.7 Å². The second-order valence-corrected chi connectivity index (χ2v) is 12.5. The molecule has 0 aromatic rings. The summed E-state index contributed by atoms with van der Waals surface area (Å²) in [6, 6.07) is 0. The van der Waals surface area contributed by atoms with E-state index >= 15 is 0 Å². The van der Waals surface area contributed by atoms with E-state index in [1.165, 1.54) is 0 Å². The predicted octanol–water partition coefficient (Wildman–Crippen LogP) is 7.67. The summed E-state index contributed by atoms with van der Waals surface area (Å²) < 4.78 is 77.7. The summed E-state index contributed by atoms with van der Waals surface area (Å²) in [6.45, 7) is 14.5. The van der Waals surface area contributed by atoms with Gasteiger partial charge < -0.3 is 15.3 Å². The highest BCUT2D eigenvalue weighted by Gasteiger charge is 2.69. The van der Waals surface area contributed by atoms with Gasteiger partial charge in [0.25, 0.3) is 5.60 Å². The Morgan fingerprint density at radius 2 is 1.63 bits per heavy atom. The van der Waals surface area contributed by atoms with Crippen LogP contribution in [-0.2, 0) is 0 Å². The smallest absolute Gasteiger partial charge is 0.393 e. The van der Waals surface area contributed by atoms with E-state index in [1.807, 2.05) is 19.1 Å². The van der Waals surface area contributed by atoms with Gasteiger partial charge in [0.1, 0.15) is 0 Å². The minimum absolute atomic E-state index is 0.0943. The van der Waals surface area contributed by atoms with Crippen molar-refractivity contribution in [2.45, 2.75) is 116 Å². The van der Waals surface area contributed by atoms with Crippen molar-refractivity contribution < 1.29 is 41.7 Å². The second kappa shape index (κ2) is 11.7. The zero-order chi connectivity index (χ0) is 29.3. The van der Waals surface area contributed by atoms with Crippen molar-refractivity contribution in [1.29, 1.82) is 0 Å². The molecule has 38 heavy (non-hydrogen) atoms. The lowest BCUT2D eigenvalue weighted by molar-refractivity contribution is -0.370. The van der Waals surface area contributed by atoms with Gasteiger partial charge in [0.05, 0.1) is 12.2 Å². The lowest BCUT2D eigenvalue weighted by atomic mass is 9.58. The Kier molecular flexibility index (Phi) is 10.1. The number of alkyl halides is 6. The van der Waals surface area contributed by atoms with Crippen LogP contribution in [0.2, 0.25) is 0 Å². The molecule has 6 atom stereocenters. The molecule has 0 aromatic heterocycles. The molecule has 0 amide bonds. The lowest BCUT2D eigenvalue weighted by Crippen LogP contribution is -2.56. The SMILES string of the molecule is C=C1/C(=C\C=C\[C@@H]2CC[C@](C)([C@H](C)CC(C)CCCC(O)(C(F)(F)F)C(F)(F)F)C2(C)C)C[C@@H](O)C[C@@H]1O. The molecule has 0 aromatic carbocycles. The number of aliphatic hydroxyl groups excluding tert-OH is 2. The monoisotopic (exact) mass is 554 g/mol. The first kappa shape index (κ1) is 32.9. The molecule has 0 aliphatic heterocycles. The van der Waals surface area contributed by atoms with Crippen molar-refractivity contribution in [1.82, 2.24) is 0 Å². The van der Waals surface area contributed by atoms with E-state index in [0.717, 1.165) is 18.4 Å². The summed E-state index contributed by atoms with van der Waals surface area (Å²) >= 11 is 0. The summed E-state index contributed by atoms with van der Waals surface area (Å²) in [5, 5.41) is 29.4. The van der Waals surface area contributed by atoms with Gasteiger partial charge in [0, 0.05) is 6.42 Å². The molecular weight excluding hydrogens is 510 g/mol. The lowest BCUT2D eigenvalue weighted by Gasteiger charge is -2.46. The van der Waals surface area contributed by atoms with Gasteiger partial charge in [-0.3, -0.25) is 0 Å². The Balaban J connectivity index is 2.01. The van der Waals surface area contributed by atoms with Crippen molar-refractivity contribution >= 4 is 0 Å². The van der Waals surface area contributed by atoms with Crippen LogP contribution in [0.5, 0.6) is 0 Å². The van der Waals surface area contributed by atoms with E-state index in [9.17, 15) is 41.7 Å². The molecule has 2 aliphatic rings. The Bertz CT molecular complexity index is 874. The van der Waals surface area contributed by atoms with Gasteiger partial charge in [0.2, 0.25) is 0 Å². The van der Waals surface area contributed by atoms with Crippen molar-refractivity contribution in [2.24, 2.45) is 28.6 Å². The minimum Gasteiger partial charge on any atom is -0.393 e. The normalized spacial score (nSPS) is 31.8. The van der Waals surface area contributed by atoms with Crippen LogP contribution in [0.4, 0.5) is 26.3 Å². The molecule has 3 nitrogen and oxygen atoms in total. The standard InChI is InChI=1S/C29H44F6O3/c1-18(9-8-13-27(38,28(30,31)32)29(33,34)35)15-19(2)26(6)14-12-22(25(26,4)5)11-7-10-21-16-23(36)17-24(37)20(21)3/h7,10-11,18-19,22-24,36-38H,3,8-9,12-17H2,1-2,4-6H3/b11-7+,21-10-/t18?,19-,22-,23-,24+,26-/m1/s1. The van der Waals surface area contributed by atoms with Crippen LogP contribution in [0.1, 0.15) is 86.0 Å². The first-order chi connectivity index (χ1) is 17.2. The van der Waals surface area contributed by atoms with Gasteiger partial charge in [-0.2, -0.15) is 26.3 Å². The molecule has 2 aliphatic carbocycles. The highest BCUT2D eigenvalue weighted by molar-refractivity contribution is 5.37. The predicted molar refractivity (Wildman–Crippen MR) is 136 cm³/mol. The summed E-state index contributed by atoms with van der Waals surface area (Å²) in [5.74, 6) is 0.331. The van der Waals surface area contributed by atoms with Crippen LogP contribution in [0.15, 0.2) is 36.0 Å². The van der Waals surface area contributed by atoms with Crippen LogP contribution in [-0.4, -0.2) is 45.5 Å². The fraction of sp³-hybridized carbons (Fsp3) is 0.793. The Morgan fingerprint density at radius 1 is 1.05 bits per heavy atom. The van der Waals surface area contributed by atoms with Crippen LogP contribution in [0.3, 0.4) is 0 Å². The molecule has 220 valence electrons. The van der Waals surface area contributed by atoms with E-state index in [2.05, 4.69) is 40.3 Å². The van der Waals surface area contributed by atoms with Crippen molar-refractivity contribution in [3.8, 4) is 0 Å². The summed E-state index contributed by atoms with van der Waals surface area (Å²) in [6.07, 6.45) is -5.23. The number of halogens is 6. The fourth-order valence-corrected chi connectivity index (χ4v) is 6.48. The van der Waals surface area contributed by atoms with E-state index < -0.39 is 36.6 Å². The molecule has 2 fully saturated rings. The summed E-state index contributed by atoms with van der Waals surface area (Å²) in [7, 11) is 0. The molecule has 0 spiro atoms. The molecule has 1 unspecified atom stereocenters. The maximum absolute atomic E-state index is 13.0.